The molecule has 0 saturated carbocycles. The summed E-state index contributed by atoms with van der Waals surface area (Å²) in [7, 11) is 1.62. The first-order chi connectivity index (χ1) is 16.5. The van der Waals surface area contributed by atoms with Crippen LogP contribution in [0.2, 0.25) is 0 Å². The summed E-state index contributed by atoms with van der Waals surface area (Å²) in [5.74, 6) is 1.15. The predicted molar refractivity (Wildman–Crippen MR) is 132 cm³/mol. The molecule has 8 heteroatoms. The number of hydrogen-bond donors (Lipinski definition) is 1. The second-order valence-corrected chi connectivity index (χ2v) is 8.64. The number of aromatic nitrogens is 3. The molecule has 0 aliphatic heterocycles. The number of carbonyl (C=O) groups excluding carboxylic acids is 1. The number of halogens is 1. The van der Waals surface area contributed by atoms with Crippen LogP contribution in [0.1, 0.15) is 11.1 Å². The number of nitrogens with zero attached hydrogens (tertiary/aromatic N) is 3. The third-order valence-corrected chi connectivity index (χ3v) is 6.18. The summed E-state index contributed by atoms with van der Waals surface area (Å²) >= 11 is 1.32. The van der Waals surface area contributed by atoms with Gasteiger partial charge in [0.15, 0.2) is 11.0 Å². The van der Waals surface area contributed by atoms with E-state index in [0.29, 0.717) is 29.7 Å². The first-order valence-corrected chi connectivity index (χ1v) is 11.8. The largest absolute Gasteiger partial charge is 0.496 e. The minimum atomic E-state index is -0.269. The summed E-state index contributed by atoms with van der Waals surface area (Å²) in [6.45, 7) is 2.51. The van der Waals surface area contributed by atoms with E-state index in [4.69, 9.17) is 4.74 Å². The van der Waals surface area contributed by atoms with E-state index in [1.54, 1.807) is 19.2 Å². The standard InChI is InChI=1S/C26H25FN4O2S/c1-18-7-13-21(14-8-18)31-25(22-5-3-4-6-23(22)33-2)29-30-26(31)34-17-24(32)28-16-15-19-9-11-20(27)12-10-19/h3-14H,15-17H2,1-2H3,(H,28,32). The highest BCUT2D eigenvalue weighted by atomic mass is 32.2. The first-order valence-electron chi connectivity index (χ1n) is 10.8. The monoisotopic (exact) mass is 476 g/mol. The van der Waals surface area contributed by atoms with E-state index in [-0.39, 0.29) is 17.5 Å². The molecule has 0 aliphatic rings. The Balaban J connectivity index is 1.50. The van der Waals surface area contributed by atoms with Crippen LogP contribution in [-0.2, 0) is 11.2 Å². The normalized spacial score (nSPS) is 10.8. The molecule has 0 saturated heterocycles. The van der Waals surface area contributed by atoms with Crippen molar-refractivity contribution in [2.75, 3.05) is 19.4 Å². The molecule has 0 spiro atoms. The summed E-state index contributed by atoms with van der Waals surface area (Å²) in [5.41, 5.74) is 3.82. The minimum Gasteiger partial charge on any atom is -0.496 e. The van der Waals surface area contributed by atoms with Gasteiger partial charge in [-0.3, -0.25) is 9.36 Å². The van der Waals surface area contributed by atoms with Gasteiger partial charge in [0, 0.05) is 12.2 Å². The Labute approximate surface area is 202 Å². The molecule has 0 radical (unpaired) electrons. The lowest BCUT2D eigenvalue weighted by molar-refractivity contribution is -0.118. The van der Waals surface area contributed by atoms with Crippen LogP contribution in [0.3, 0.4) is 0 Å². The molecule has 1 amide bonds. The zero-order chi connectivity index (χ0) is 23.9. The van der Waals surface area contributed by atoms with E-state index in [1.807, 2.05) is 60.0 Å². The minimum absolute atomic E-state index is 0.107. The lowest BCUT2D eigenvalue weighted by atomic mass is 10.1. The Morgan fingerprint density at radius 1 is 1.03 bits per heavy atom. The molecule has 0 atom stereocenters. The van der Waals surface area contributed by atoms with Crippen LogP contribution >= 0.6 is 11.8 Å². The number of amides is 1. The van der Waals surface area contributed by atoms with Crippen LogP contribution in [-0.4, -0.2) is 40.1 Å². The molecular weight excluding hydrogens is 451 g/mol. The van der Waals surface area contributed by atoms with Crippen molar-refractivity contribution < 1.29 is 13.9 Å². The molecule has 1 aromatic heterocycles. The Hall–Kier alpha value is -3.65. The van der Waals surface area contributed by atoms with Gasteiger partial charge >= 0.3 is 0 Å². The molecule has 34 heavy (non-hydrogen) atoms. The third kappa shape index (κ3) is 5.63. The van der Waals surface area contributed by atoms with E-state index in [0.717, 1.165) is 22.4 Å². The lowest BCUT2D eigenvalue weighted by Gasteiger charge is -2.13. The van der Waals surface area contributed by atoms with Gasteiger partial charge in [-0.15, -0.1) is 10.2 Å². The van der Waals surface area contributed by atoms with E-state index in [2.05, 4.69) is 15.5 Å². The number of aryl methyl sites for hydroxylation is 1. The summed E-state index contributed by atoms with van der Waals surface area (Å²) in [4.78, 5) is 12.5. The van der Waals surface area contributed by atoms with Gasteiger partial charge in [0.1, 0.15) is 11.6 Å². The van der Waals surface area contributed by atoms with Crippen molar-refractivity contribution in [3.8, 4) is 22.8 Å². The number of methoxy groups -OCH3 is 1. The highest BCUT2D eigenvalue weighted by Gasteiger charge is 2.19. The highest BCUT2D eigenvalue weighted by Crippen LogP contribution is 2.33. The molecule has 4 rings (SSSR count). The van der Waals surface area contributed by atoms with Gasteiger partial charge in [0.25, 0.3) is 0 Å². The van der Waals surface area contributed by atoms with Crippen molar-refractivity contribution in [2.24, 2.45) is 0 Å². The van der Waals surface area contributed by atoms with Gasteiger partial charge in [0.2, 0.25) is 5.91 Å². The Morgan fingerprint density at radius 3 is 2.50 bits per heavy atom. The summed E-state index contributed by atoms with van der Waals surface area (Å²) < 4.78 is 20.5. The van der Waals surface area contributed by atoms with Gasteiger partial charge in [-0.1, -0.05) is 53.7 Å². The van der Waals surface area contributed by atoms with Gasteiger partial charge in [-0.05, 0) is 55.3 Å². The van der Waals surface area contributed by atoms with Gasteiger partial charge in [-0.2, -0.15) is 0 Å². The fourth-order valence-electron chi connectivity index (χ4n) is 3.47. The van der Waals surface area contributed by atoms with Crippen molar-refractivity contribution in [3.63, 3.8) is 0 Å². The number of ether oxygens (including phenoxy) is 1. The summed E-state index contributed by atoms with van der Waals surface area (Å²) in [6, 6.07) is 22.0. The maximum absolute atomic E-state index is 13.0. The Morgan fingerprint density at radius 2 is 1.76 bits per heavy atom. The number of nitrogens with one attached hydrogen (secondary N) is 1. The summed E-state index contributed by atoms with van der Waals surface area (Å²) in [5, 5.41) is 12.3. The number of para-hydroxylation sites is 1. The molecule has 0 unspecified atom stereocenters. The van der Waals surface area contributed by atoms with Crippen molar-refractivity contribution >= 4 is 17.7 Å². The quantitative estimate of drug-likeness (QED) is 0.350. The molecule has 3 aromatic carbocycles. The fraction of sp³-hybridized carbons (Fsp3) is 0.192. The fourth-order valence-corrected chi connectivity index (χ4v) is 4.25. The average molecular weight is 477 g/mol. The van der Waals surface area contributed by atoms with Crippen LogP contribution in [0.5, 0.6) is 5.75 Å². The molecular formula is C26H25FN4O2S. The second-order valence-electron chi connectivity index (χ2n) is 7.69. The SMILES string of the molecule is COc1ccccc1-c1nnc(SCC(=O)NCCc2ccc(F)cc2)n1-c1ccc(C)cc1. The van der Waals surface area contributed by atoms with Gasteiger partial charge in [0.05, 0.1) is 18.4 Å². The van der Waals surface area contributed by atoms with E-state index in [9.17, 15) is 9.18 Å². The van der Waals surface area contributed by atoms with Crippen LogP contribution < -0.4 is 10.1 Å². The summed E-state index contributed by atoms with van der Waals surface area (Å²) in [6.07, 6.45) is 0.633. The highest BCUT2D eigenvalue weighted by molar-refractivity contribution is 7.99. The van der Waals surface area contributed by atoms with Gasteiger partial charge < -0.3 is 10.1 Å². The van der Waals surface area contributed by atoms with E-state index < -0.39 is 0 Å². The van der Waals surface area contributed by atoms with Crippen LogP contribution in [0.25, 0.3) is 17.1 Å². The Bertz CT molecular complexity index is 1260. The molecule has 4 aromatic rings. The van der Waals surface area contributed by atoms with Crippen molar-refractivity contribution in [2.45, 2.75) is 18.5 Å². The number of hydrogen-bond acceptors (Lipinski definition) is 5. The predicted octanol–water partition coefficient (Wildman–Crippen LogP) is 4.84. The molecule has 6 nitrogen and oxygen atoms in total. The topological polar surface area (TPSA) is 69.0 Å². The number of rotatable bonds is 9. The zero-order valence-electron chi connectivity index (χ0n) is 19.0. The number of benzene rings is 3. The van der Waals surface area contributed by atoms with Crippen LogP contribution in [0, 0.1) is 12.7 Å². The zero-order valence-corrected chi connectivity index (χ0v) is 19.8. The molecule has 0 fully saturated rings. The maximum atomic E-state index is 13.0. The van der Waals surface area contributed by atoms with Crippen molar-refractivity contribution in [1.82, 2.24) is 20.1 Å². The van der Waals surface area contributed by atoms with Crippen molar-refractivity contribution in [3.05, 3.63) is 89.7 Å². The van der Waals surface area contributed by atoms with Crippen LogP contribution in [0.15, 0.2) is 78.0 Å². The molecule has 0 bridgehead atoms. The molecule has 174 valence electrons. The lowest BCUT2D eigenvalue weighted by Crippen LogP contribution is -2.27. The van der Waals surface area contributed by atoms with Crippen molar-refractivity contribution in [1.29, 1.82) is 0 Å². The molecule has 0 aliphatic carbocycles. The van der Waals surface area contributed by atoms with E-state index >= 15 is 0 Å². The average Bonchev–Trinajstić information content (AvgIpc) is 3.28. The molecule has 1 N–H and O–H groups in total. The number of thioether (sulfide) groups is 1. The number of carbonyl (C=O) groups is 1. The smallest absolute Gasteiger partial charge is 0.230 e. The maximum Gasteiger partial charge on any atom is 0.230 e. The van der Waals surface area contributed by atoms with Crippen LogP contribution in [0.4, 0.5) is 4.39 Å². The third-order valence-electron chi connectivity index (χ3n) is 5.25. The Kier molecular flexibility index (Phi) is 7.59. The first kappa shape index (κ1) is 23.5. The van der Waals surface area contributed by atoms with Gasteiger partial charge in [-0.25, -0.2) is 4.39 Å². The molecule has 1 heterocycles. The van der Waals surface area contributed by atoms with E-state index in [1.165, 1.54) is 23.9 Å². The second kappa shape index (κ2) is 11.0.